The van der Waals surface area contributed by atoms with Gasteiger partial charge in [-0.05, 0) is 31.9 Å². The van der Waals surface area contributed by atoms with Gasteiger partial charge in [-0.2, -0.15) is 11.8 Å². The maximum absolute atomic E-state index is 4.64. The topological polar surface area (TPSA) is 45.5 Å². The molecule has 3 rings (SSSR count). The molecule has 1 aromatic heterocycles. The lowest BCUT2D eigenvalue weighted by atomic mass is 10.3. The van der Waals surface area contributed by atoms with Crippen LogP contribution in [-0.4, -0.2) is 58.1 Å². The zero-order valence-corrected chi connectivity index (χ0v) is 16.4. The smallest absolute Gasteiger partial charge is 0.193 e. The van der Waals surface area contributed by atoms with Crippen LogP contribution in [0, 0.1) is 6.92 Å². The van der Waals surface area contributed by atoms with Gasteiger partial charge in [-0.15, -0.1) is 0 Å². The van der Waals surface area contributed by atoms with Gasteiger partial charge in [0.15, 0.2) is 5.96 Å². The number of hydrogen-bond acceptors (Lipinski definition) is 3. The number of aryl methyl sites for hydroxylation is 2. The van der Waals surface area contributed by atoms with Crippen molar-refractivity contribution in [3.05, 3.63) is 30.1 Å². The highest BCUT2D eigenvalue weighted by Gasteiger charge is 2.21. The van der Waals surface area contributed by atoms with Crippen LogP contribution >= 0.6 is 11.8 Å². The van der Waals surface area contributed by atoms with E-state index in [0.29, 0.717) is 0 Å². The Hall–Kier alpha value is -1.69. The maximum atomic E-state index is 4.64. The molecule has 6 heteroatoms. The number of thioether (sulfide) groups is 1. The van der Waals surface area contributed by atoms with Crippen molar-refractivity contribution in [2.24, 2.45) is 4.99 Å². The number of aliphatic imine (C=N–C) groups is 1. The number of nitrogens with one attached hydrogen (secondary N) is 1. The Morgan fingerprint density at radius 1 is 1.40 bits per heavy atom. The quantitative estimate of drug-likeness (QED) is 0.506. The van der Waals surface area contributed by atoms with Crippen LogP contribution in [0.25, 0.3) is 11.0 Å². The van der Waals surface area contributed by atoms with Gasteiger partial charge in [-0.25, -0.2) is 4.98 Å². The van der Waals surface area contributed by atoms with Gasteiger partial charge in [0.2, 0.25) is 0 Å². The Morgan fingerprint density at radius 3 is 3.04 bits per heavy atom. The summed E-state index contributed by atoms with van der Waals surface area (Å²) >= 11 is 2.09. The average Bonchev–Trinajstić information content (AvgIpc) is 2.97. The lowest BCUT2D eigenvalue weighted by Gasteiger charge is -2.34. The van der Waals surface area contributed by atoms with Gasteiger partial charge in [0.05, 0.1) is 11.0 Å². The Balaban J connectivity index is 1.52. The molecule has 1 aromatic carbocycles. The minimum absolute atomic E-state index is 0.729. The fraction of sp³-hybridized carbons (Fsp3) is 0.579. The van der Waals surface area contributed by atoms with Gasteiger partial charge >= 0.3 is 0 Å². The highest BCUT2D eigenvalue weighted by Crippen LogP contribution is 2.21. The summed E-state index contributed by atoms with van der Waals surface area (Å²) in [5.74, 6) is 3.33. The van der Waals surface area contributed by atoms with Gasteiger partial charge in [0, 0.05) is 44.2 Å². The van der Waals surface area contributed by atoms with Crippen LogP contribution < -0.4 is 5.32 Å². The lowest BCUT2D eigenvalue weighted by Crippen LogP contribution is -2.48. The summed E-state index contributed by atoms with van der Waals surface area (Å²) in [7, 11) is 1.89. The van der Waals surface area contributed by atoms with Gasteiger partial charge in [0.1, 0.15) is 5.82 Å². The third-order valence-electron chi connectivity index (χ3n) is 4.79. The second-order valence-corrected chi connectivity index (χ2v) is 7.88. The standard InChI is InChI=1S/C19H29N5S/c1-4-16-14-23(12-13-25-16)19(20-3)21-10-7-11-24-15(2)22-17-8-5-6-9-18(17)24/h5-6,8-9,16H,4,7,10-14H2,1-3H3,(H,20,21). The van der Waals surface area contributed by atoms with Gasteiger partial charge in [0.25, 0.3) is 0 Å². The number of aromatic nitrogens is 2. The molecule has 2 aromatic rings. The first kappa shape index (κ1) is 18.1. The number of guanidine groups is 1. The van der Waals surface area contributed by atoms with Gasteiger partial charge < -0.3 is 14.8 Å². The minimum Gasteiger partial charge on any atom is -0.356 e. The largest absolute Gasteiger partial charge is 0.356 e. The van der Waals surface area contributed by atoms with Crippen molar-refractivity contribution in [1.82, 2.24) is 19.8 Å². The minimum atomic E-state index is 0.729. The van der Waals surface area contributed by atoms with Crippen molar-refractivity contribution in [2.75, 3.05) is 32.4 Å². The second kappa shape index (κ2) is 8.61. The van der Waals surface area contributed by atoms with Crippen molar-refractivity contribution in [3.8, 4) is 0 Å². The molecule has 1 unspecified atom stereocenters. The first-order valence-electron chi connectivity index (χ1n) is 9.22. The average molecular weight is 360 g/mol. The third-order valence-corrected chi connectivity index (χ3v) is 6.16. The fourth-order valence-corrected chi connectivity index (χ4v) is 4.59. The van der Waals surface area contributed by atoms with Crippen LogP contribution in [0.1, 0.15) is 25.6 Å². The Kier molecular flexibility index (Phi) is 6.24. The summed E-state index contributed by atoms with van der Waals surface area (Å²) in [5.41, 5.74) is 2.31. The van der Waals surface area contributed by atoms with Crippen LogP contribution in [0.5, 0.6) is 0 Å². The summed E-state index contributed by atoms with van der Waals surface area (Å²) in [5, 5.41) is 4.28. The van der Waals surface area contributed by atoms with Crippen LogP contribution in [0.4, 0.5) is 0 Å². The van der Waals surface area contributed by atoms with Crippen molar-refractivity contribution in [1.29, 1.82) is 0 Å². The molecule has 1 aliphatic heterocycles. The zero-order valence-electron chi connectivity index (χ0n) is 15.5. The van der Waals surface area contributed by atoms with E-state index in [0.717, 1.165) is 55.2 Å². The molecule has 1 saturated heterocycles. The predicted octanol–water partition coefficient (Wildman–Crippen LogP) is 3.14. The molecule has 0 spiro atoms. The first-order valence-corrected chi connectivity index (χ1v) is 10.3. The van der Waals surface area contributed by atoms with Gasteiger partial charge in [-0.3, -0.25) is 4.99 Å². The van der Waals surface area contributed by atoms with E-state index in [1.807, 2.05) is 13.1 Å². The maximum Gasteiger partial charge on any atom is 0.193 e. The van der Waals surface area contributed by atoms with Crippen LogP contribution in [0.2, 0.25) is 0 Å². The summed E-state index contributed by atoms with van der Waals surface area (Å²) < 4.78 is 2.31. The lowest BCUT2D eigenvalue weighted by molar-refractivity contribution is 0.407. The molecule has 1 fully saturated rings. The zero-order chi connectivity index (χ0) is 17.6. The summed E-state index contributed by atoms with van der Waals surface area (Å²) in [6.07, 6.45) is 2.28. The van der Waals surface area contributed by atoms with E-state index >= 15 is 0 Å². The van der Waals surface area contributed by atoms with Crippen molar-refractivity contribution < 1.29 is 0 Å². The molecule has 1 N–H and O–H groups in total. The van der Waals surface area contributed by atoms with Crippen LogP contribution in [0.15, 0.2) is 29.3 Å². The second-order valence-electron chi connectivity index (χ2n) is 6.47. The van der Waals surface area contributed by atoms with Crippen LogP contribution in [-0.2, 0) is 6.54 Å². The molecule has 0 saturated carbocycles. The molecule has 0 aliphatic carbocycles. The van der Waals surface area contributed by atoms with Crippen LogP contribution in [0.3, 0.4) is 0 Å². The van der Waals surface area contributed by atoms with Gasteiger partial charge in [-0.1, -0.05) is 19.1 Å². The summed E-state index contributed by atoms with van der Waals surface area (Å²) in [6.45, 7) is 8.46. The molecule has 2 heterocycles. The highest BCUT2D eigenvalue weighted by molar-refractivity contribution is 8.00. The molecular formula is C19H29N5S. The van der Waals surface area contributed by atoms with E-state index in [9.17, 15) is 0 Å². The summed E-state index contributed by atoms with van der Waals surface area (Å²) in [4.78, 5) is 11.5. The number of benzene rings is 1. The number of para-hydroxylation sites is 2. The first-order chi connectivity index (χ1) is 12.2. The molecule has 0 bridgehead atoms. The molecule has 0 amide bonds. The predicted molar refractivity (Wildman–Crippen MR) is 109 cm³/mol. The van der Waals surface area contributed by atoms with E-state index < -0.39 is 0 Å². The van der Waals surface area contributed by atoms with E-state index in [-0.39, 0.29) is 0 Å². The molecular weight excluding hydrogens is 330 g/mol. The molecule has 1 atom stereocenters. The Morgan fingerprint density at radius 2 is 2.24 bits per heavy atom. The number of fused-ring (bicyclic) bond motifs is 1. The third kappa shape index (κ3) is 4.29. The Bertz CT molecular complexity index is 724. The van der Waals surface area contributed by atoms with Crippen molar-refractivity contribution in [3.63, 3.8) is 0 Å². The number of rotatable bonds is 5. The van der Waals surface area contributed by atoms with E-state index in [1.54, 1.807) is 0 Å². The molecule has 136 valence electrons. The number of nitrogens with zero attached hydrogens (tertiary/aromatic N) is 4. The van der Waals surface area contributed by atoms with Crippen molar-refractivity contribution in [2.45, 2.75) is 38.5 Å². The monoisotopic (exact) mass is 359 g/mol. The number of imidazole rings is 1. The molecule has 25 heavy (non-hydrogen) atoms. The normalized spacial score (nSPS) is 18.8. The molecule has 0 radical (unpaired) electrons. The van der Waals surface area contributed by atoms with E-state index in [4.69, 9.17) is 0 Å². The number of hydrogen-bond donors (Lipinski definition) is 1. The summed E-state index contributed by atoms with van der Waals surface area (Å²) in [6, 6.07) is 8.36. The SMILES string of the molecule is CCC1CN(C(=NC)NCCCn2c(C)nc3ccccc32)CCS1. The molecule has 5 nitrogen and oxygen atoms in total. The van der Waals surface area contributed by atoms with E-state index in [1.165, 1.54) is 17.7 Å². The van der Waals surface area contributed by atoms with Crippen molar-refractivity contribution >= 4 is 28.8 Å². The Labute approximate surface area is 154 Å². The highest BCUT2D eigenvalue weighted by atomic mass is 32.2. The van der Waals surface area contributed by atoms with E-state index in [2.05, 4.69) is 68.6 Å². The molecule has 1 aliphatic rings. The fourth-order valence-electron chi connectivity index (χ4n) is 3.41.